The fraction of sp³-hybridized carbons (Fsp3) is 0.308. The van der Waals surface area contributed by atoms with Crippen LogP contribution in [-0.2, 0) is 9.59 Å². The zero-order valence-corrected chi connectivity index (χ0v) is 12.6. The van der Waals surface area contributed by atoms with Gasteiger partial charge in [-0.15, -0.1) is 0 Å². The van der Waals surface area contributed by atoms with E-state index in [1.807, 2.05) is 0 Å². The standard InChI is InChI=1S/C13H14Cl2N2O3/c1-8(5-9(2)18)16-17-13(19)7-20-12-4-3-10(14)6-11(12)15/h3-4,6H,5,7H2,1-2H3,(H,17,19). The van der Waals surface area contributed by atoms with E-state index in [1.165, 1.54) is 13.0 Å². The fourth-order valence-corrected chi connectivity index (χ4v) is 1.79. The van der Waals surface area contributed by atoms with Gasteiger partial charge in [-0.2, -0.15) is 5.10 Å². The normalized spacial score (nSPS) is 11.1. The number of halogens is 2. The van der Waals surface area contributed by atoms with Gasteiger partial charge < -0.3 is 4.74 Å². The van der Waals surface area contributed by atoms with Gasteiger partial charge in [0.2, 0.25) is 0 Å². The second kappa shape index (κ2) is 7.87. The highest BCUT2D eigenvalue weighted by molar-refractivity contribution is 6.35. The van der Waals surface area contributed by atoms with Crippen molar-refractivity contribution >= 4 is 40.6 Å². The molecule has 1 N–H and O–H groups in total. The van der Waals surface area contributed by atoms with Crippen molar-refractivity contribution in [2.24, 2.45) is 5.10 Å². The Morgan fingerprint density at radius 3 is 2.60 bits per heavy atom. The largest absolute Gasteiger partial charge is 0.482 e. The monoisotopic (exact) mass is 316 g/mol. The number of ether oxygens (including phenoxy) is 1. The van der Waals surface area contributed by atoms with Crippen molar-refractivity contribution in [1.29, 1.82) is 0 Å². The first-order valence-corrected chi connectivity index (χ1v) is 6.53. The molecule has 0 fully saturated rings. The van der Waals surface area contributed by atoms with Crippen LogP contribution in [0.5, 0.6) is 5.75 Å². The Morgan fingerprint density at radius 1 is 1.30 bits per heavy atom. The topological polar surface area (TPSA) is 67.8 Å². The number of hydrogen-bond acceptors (Lipinski definition) is 4. The van der Waals surface area contributed by atoms with Crippen LogP contribution in [0.1, 0.15) is 20.3 Å². The van der Waals surface area contributed by atoms with Crippen molar-refractivity contribution in [2.75, 3.05) is 6.61 Å². The van der Waals surface area contributed by atoms with Crippen LogP contribution >= 0.6 is 23.2 Å². The van der Waals surface area contributed by atoms with Crippen molar-refractivity contribution in [2.45, 2.75) is 20.3 Å². The molecule has 0 atom stereocenters. The summed E-state index contributed by atoms with van der Waals surface area (Å²) in [4.78, 5) is 22.3. The van der Waals surface area contributed by atoms with Crippen LogP contribution in [0.3, 0.4) is 0 Å². The molecule has 0 aromatic heterocycles. The minimum atomic E-state index is -0.445. The first-order chi connectivity index (χ1) is 9.38. The molecule has 0 spiro atoms. The molecular formula is C13H14Cl2N2O3. The number of amides is 1. The van der Waals surface area contributed by atoms with Gasteiger partial charge in [0.1, 0.15) is 11.5 Å². The molecule has 5 nitrogen and oxygen atoms in total. The maximum Gasteiger partial charge on any atom is 0.277 e. The average molecular weight is 317 g/mol. The molecule has 0 unspecified atom stereocenters. The molecule has 0 saturated heterocycles. The molecule has 0 aliphatic rings. The van der Waals surface area contributed by atoms with Crippen molar-refractivity contribution in [1.82, 2.24) is 5.43 Å². The summed E-state index contributed by atoms with van der Waals surface area (Å²) in [5, 5.41) is 4.58. The first-order valence-electron chi connectivity index (χ1n) is 5.77. The Hall–Kier alpha value is -1.59. The Balaban J connectivity index is 2.45. The summed E-state index contributed by atoms with van der Waals surface area (Å²) in [5.41, 5.74) is 2.82. The third kappa shape index (κ3) is 6.04. The van der Waals surface area contributed by atoms with Crippen LogP contribution in [0.4, 0.5) is 0 Å². The van der Waals surface area contributed by atoms with Gasteiger partial charge in [-0.05, 0) is 32.0 Å². The summed E-state index contributed by atoms with van der Waals surface area (Å²) in [5.74, 6) is -0.112. The Labute approximate surface area is 126 Å². The maximum atomic E-state index is 11.5. The van der Waals surface area contributed by atoms with E-state index in [2.05, 4.69) is 10.5 Å². The van der Waals surface area contributed by atoms with Crippen molar-refractivity contribution in [3.05, 3.63) is 28.2 Å². The van der Waals surface area contributed by atoms with Crippen LogP contribution in [0.25, 0.3) is 0 Å². The summed E-state index contributed by atoms with van der Waals surface area (Å²) in [6.45, 7) is 2.86. The van der Waals surface area contributed by atoms with Crippen molar-refractivity contribution in [3.63, 3.8) is 0 Å². The molecule has 0 bridgehead atoms. The lowest BCUT2D eigenvalue weighted by atomic mass is 10.2. The molecule has 7 heteroatoms. The first kappa shape index (κ1) is 16.5. The van der Waals surface area contributed by atoms with E-state index in [0.29, 0.717) is 21.5 Å². The lowest BCUT2D eigenvalue weighted by Crippen LogP contribution is -2.25. The minimum absolute atomic E-state index is 0.0234. The molecule has 108 valence electrons. The van der Waals surface area contributed by atoms with E-state index in [1.54, 1.807) is 19.1 Å². The number of carbonyl (C=O) groups is 2. The average Bonchev–Trinajstić information content (AvgIpc) is 2.34. The number of hydrogen-bond donors (Lipinski definition) is 1. The number of nitrogens with one attached hydrogen (secondary N) is 1. The van der Waals surface area contributed by atoms with Crippen LogP contribution in [0.2, 0.25) is 10.0 Å². The lowest BCUT2D eigenvalue weighted by molar-refractivity contribution is -0.123. The smallest absolute Gasteiger partial charge is 0.277 e. The predicted molar refractivity (Wildman–Crippen MR) is 78.5 cm³/mol. The summed E-state index contributed by atoms with van der Waals surface area (Å²) in [6.07, 6.45) is 0.199. The van der Waals surface area contributed by atoms with E-state index < -0.39 is 5.91 Å². The van der Waals surface area contributed by atoms with Crippen LogP contribution < -0.4 is 10.2 Å². The van der Waals surface area contributed by atoms with E-state index in [-0.39, 0.29) is 18.8 Å². The van der Waals surface area contributed by atoms with E-state index in [4.69, 9.17) is 27.9 Å². The third-order valence-corrected chi connectivity index (χ3v) is 2.66. The van der Waals surface area contributed by atoms with Crippen molar-refractivity contribution < 1.29 is 14.3 Å². The summed E-state index contributed by atoms with van der Waals surface area (Å²) in [6, 6.07) is 4.70. The van der Waals surface area contributed by atoms with Crippen molar-refractivity contribution in [3.8, 4) is 5.75 Å². The number of rotatable bonds is 6. The summed E-state index contributed by atoms with van der Waals surface area (Å²) in [7, 11) is 0. The van der Waals surface area contributed by atoms with Gasteiger partial charge in [-0.1, -0.05) is 23.2 Å². The minimum Gasteiger partial charge on any atom is -0.482 e. The predicted octanol–water partition coefficient (Wildman–Crippen LogP) is 2.84. The number of ketones is 1. The Bertz CT molecular complexity index is 544. The quantitative estimate of drug-likeness (QED) is 0.648. The molecule has 0 aliphatic heterocycles. The van der Waals surface area contributed by atoms with Gasteiger partial charge >= 0.3 is 0 Å². The maximum absolute atomic E-state index is 11.5. The second-order valence-electron chi connectivity index (χ2n) is 4.12. The van der Waals surface area contributed by atoms with Crippen LogP contribution in [0, 0.1) is 0 Å². The van der Waals surface area contributed by atoms with Crippen LogP contribution in [0.15, 0.2) is 23.3 Å². The highest BCUT2D eigenvalue weighted by Gasteiger charge is 2.06. The molecule has 0 radical (unpaired) electrons. The zero-order chi connectivity index (χ0) is 15.1. The number of nitrogens with zero attached hydrogens (tertiary/aromatic N) is 1. The molecule has 1 amide bonds. The summed E-state index contributed by atoms with van der Waals surface area (Å²) < 4.78 is 5.23. The highest BCUT2D eigenvalue weighted by atomic mass is 35.5. The third-order valence-electron chi connectivity index (χ3n) is 2.13. The molecular weight excluding hydrogens is 303 g/mol. The molecule has 0 heterocycles. The zero-order valence-electron chi connectivity index (χ0n) is 11.1. The Kier molecular flexibility index (Phi) is 6.48. The van der Waals surface area contributed by atoms with Gasteiger partial charge in [0.25, 0.3) is 5.91 Å². The number of benzene rings is 1. The van der Waals surface area contributed by atoms with Crippen LogP contribution in [-0.4, -0.2) is 24.0 Å². The number of hydrazone groups is 1. The van der Waals surface area contributed by atoms with Gasteiger partial charge in [-0.25, -0.2) is 5.43 Å². The van der Waals surface area contributed by atoms with Gasteiger partial charge in [0.15, 0.2) is 6.61 Å². The number of carbonyl (C=O) groups excluding carboxylic acids is 2. The molecule has 0 aliphatic carbocycles. The highest BCUT2D eigenvalue weighted by Crippen LogP contribution is 2.27. The SMILES string of the molecule is CC(=O)CC(C)=NNC(=O)COc1ccc(Cl)cc1Cl. The molecule has 20 heavy (non-hydrogen) atoms. The molecule has 1 aromatic carbocycles. The molecule has 1 aromatic rings. The second-order valence-corrected chi connectivity index (χ2v) is 4.97. The van der Waals surface area contributed by atoms with Gasteiger partial charge in [0.05, 0.1) is 5.02 Å². The molecule has 0 saturated carbocycles. The van der Waals surface area contributed by atoms with E-state index in [9.17, 15) is 9.59 Å². The number of Topliss-reactive ketones (excluding diaryl/α,β-unsaturated/α-hetero) is 1. The van der Waals surface area contributed by atoms with Gasteiger partial charge in [-0.3, -0.25) is 9.59 Å². The summed E-state index contributed by atoms with van der Waals surface area (Å²) >= 11 is 11.6. The fourth-order valence-electron chi connectivity index (χ4n) is 1.33. The lowest BCUT2D eigenvalue weighted by Gasteiger charge is -2.07. The van der Waals surface area contributed by atoms with Gasteiger partial charge in [0, 0.05) is 17.2 Å². The van der Waals surface area contributed by atoms with E-state index >= 15 is 0 Å². The van der Waals surface area contributed by atoms with E-state index in [0.717, 1.165) is 0 Å². The Morgan fingerprint density at radius 2 is 2.00 bits per heavy atom. The molecule has 1 rings (SSSR count).